The summed E-state index contributed by atoms with van der Waals surface area (Å²) in [6, 6.07) is 19.2. The van der Waals surface area contributed by atoms with E-state index in [4.69, 9.17) is 0 Å². The van der Waals surface area contributed by atoms with Gasteiger partial charge in [0.2, 0.25) is 0 Å². The number of rotatable bonds is 2. The van der Waals surface area contributed by atoms with Crippen LogP contribution in [0, 0.1) is 0 Å². The van der Waals surface area contributed by atoms with Crippen molar-refractivity contribution in [2.75, 3.05) is 6.54 Å². The fourth-order valence-electron chi connectivity index (χ4n) is 3.69. The van der Waals surface area contributed by atoms with Gasteiger partial charge in [-0.15, -0.1) is 0 Å². The summed E-state index contributed by atoms with van der Waals surface area (Å²) < 4.78 is 0. The van der Waals surface area contributed by atoms with E-state index in [0.717, 1.165) is 18.5 Å². The third-order valence-corrected chi connectivity index (χ3v) is 4.85. The zero-order chi connectivity index (χ0) is 14.9. The molecule has 0 amide bonds. The lowest BCUT2D eigenvalue weighted by Gasteiger charge is -2.29. The Balaban J connectivity index is 1.91. The van der Waals surface area contributed by atoms with Crippen LogP contribution in [0.4, 0.5) is 0 Å². The van der Waals surface area contributed by atoms with Crippen LogP contribution in [0.5, 0.6) is 0 Å². The molecule has 2 heteroatoms. The fourth-order valence-corrected chi connectivity index (χ4v) is 3.69. The highest BCUT2D eigenvalue weighted by Crippen LogP contribution is 2.34. The normalized spacial score (nSPS) is 20.3. The van der Waals surface area contributed by atoms with Crippen molar-refractivity contribution in [1.82, 2.24) is 5.32 Å². The van der Waals surface area contributed by atoms with E-state index in [-0.39, 0.29) is 6.04 Å². The number of aliphatic hydroxyl groups excluding tert-OH is 1. The Bertz CT molecular complexity index is 805. The molecule has 0 spiro atoms. The van der Waals surface area contributed by atoms with Crippen molar-refractivity contribution < 1.29 is 5.11 Å². The van der Waals surface area contributed by atoms with Crippen LogP contribution in [0.15, 0.2) is 54.6 Å². The Morgan fingerprint density at radius 3 is 2.41 bits per heavy atom. The summed E-state index contributed by atoms with van der Waals surface area (Å²) in [5.41, 5.74) is 1.05. The average molecular weight is 291 g/mol. The molecule has 2 atom stereocenters. The van der Waals surface area contributed by atoms with Gasteiger partial charge < -0.3 is 10.4 Å². The summed E-state index contributed by atoms with van der Waals surface area (Å²) >= 11 is 0. The fraction of sp³-hybridized carbons (Fsp3) is 0.300. The van der Waals surface area contributed by atoms with E-state index < -0.39 is 6.10 Å². The summed E-state index contributed by atoms with van der Waals surface area (Å²) in [7, 11) is 0. The minimum absolute atomic E-state index is 0.165. The molecule has 2 nitrogen and oxygen atoms in total. The number of benzene rings is 3. The largest absolute Gasteiger partial charge is 0.387 e. The van der Waals surface area contributed by atoms with Crippen molar-refractivity contribution in [3.63, 3.8) is 0 Å². The molecule has 22 heavy (non-hydrogen) atoms. The minimum atomic E-state index is -0.449. The van der Waals surface area contributed by atoms with E-state index >= 15 is 0 Å². The van der Waals surface area contributed by atoms with E-state index in [9.17, 15) is 5.11 Å². The van der Waals surface area contributed by atoms with Crippen molar-refractivity contribution in [2.24, 2.45) is 0 Å². The number of piperidine rings is 1. The predicted octanol–water partition coefficient (Wildman–Crippen LogP) is 4.17. The predicted molar refractivity (Wildman–Crippen MR) is 92.1 cm³/mol. The number of nitrogens with one attached hydrogen (secondary N) is 1. The van der Waals surface area contributed by atoms with Gasteiger partial charge in [-0.25, -0.2) is 0 Å². The zero-order valence-electron chi connectivity index (χ0n) is 12.6. The Morgan fingerprint density at radius 1 is 0.909 bits per heavy atom. The van der Waals surface area contributed by atoms with E-state index in [1.54, 1.807) is 0 Å². The highest BCUT2D eigenvalue weighted by Gasteiger charge is 2.24. The van der Waals surface area contributed by atoms with Crippen LogP contribution < -0.4 is 5.32 Å². The second kappa shape index (κ2) is 5.71. The highest BCUT2D eigenvalue weighted by atomic mass is 16.3. The van der Waals surface area contributed by atoms with Gasteiger partial charge in [-0.05, 0) is 52.6 Å². The summed E-state index contributed by atoms with van der Waals surface area (Å²) in [6.45, 7) is 1.01. The summed E-state index contributed by atoms with van der Waals surface area (Å²) in [5, 5.41) is 19.3. The van der Waals surface area contributed by atoms with E-state index in [1.807, 2.05) is 0 Å². The number of aliphatic hydroxyl groups is 1. The molecular formula is C20H21NO. The molecule has 1 fully saturated rings. The Labute approximate surface area is 130 Å². The molecule has 112 valence electrons. The highest BCUT2D eigenvalue weighted by molar-refractivity contribution is 6.09. The van der Waals surface area contributed by atoms with Gasteiger partial charge in [-0.1, -0.05) is 55.0 Å². The Kier molecular flexibility index (Phi) is 3.57. The first-order valence-electron chi connectivity index (χ1n) is 8.16. The monoisotopic (exact) mass is 291 g/mol. The molecule has 3 aromatic rings. The van der Waals surface area contributed by atoms with Crippen LogP contribution in [0.3, 0.4) is 0 Å². The van der Waals surface area contributed by atoms with Crippen molar-refractivity contribution in [3.05, 3.63) is 60.2 Å². The molecule has 4 rings (SSSR count). The van der Waals surface area contributed by atoms with Crippen LogP contribution >= 0.6 is 0 Å². The quantitative estimate of drug-likeness (QED) is 0.695. The molecule has 0 saturated carbocycles. The second-order valence-electron chi connectivity index (χ2n) is 6.23. The SMILES string of the molecule is O[C@H](c1cc2ccccc2c2ccccc12)[C@@H]1CCCCN1. The van der Waals surface area contributed by atoms with Gasteiger partial charge in [0, 0.05) is 6.04 Å². The minimum Gasteiger partial charge on any atom is -0.387 e. The molecule has 0 bridgehead atoms. The number of hydrogen-bond acceptors (Lipinski definition) is 2. The van der Waals surface area contributed by atoms with Crippen LogP contribution in [0.25, 0.3) is 21.5 Å². The summed E-state index contributed by atoms with van der Waals surface area (Å²) in [4.78, 5) is 0. The Morgan fingerprint density at radius 2 is 1.64 bits per heavy atom. The molecule has 1 saturated heterocycles. The molecular weight excluding hydrogens is 270 g/mol. The molecule has 0 aliphatic carbocycles. The van der Waals surface area contributed by atoms with Crippen molar-refractivity contribution in [3.8, 4) is 0 Å². The van der Waals surface area contributed by atoms with Gasteiger partial charge in [0.1, 0.15) is 0 Å². The molecule has 3 aromatic carbocycles. The zero-order valence-corrected chi connectivity index (χ0v) is 12.6. The van der Waals surface area contributed by atoms with Gasteiger partial charge in [0.15, 0.2) is 0 Å². The maximum Gasteiger partial charge on any atom is 0.0949 e. The van der Waals surface area contributed by atoms with Gasteiger partial charge in [-0.3, -0.25) is 0 Å². The topological polar surface area (TPSA) is 32.3 Å². The molecule has 0 radical (unpaired) electrons. The first kappa shape index (κ1) is 13.7. The first-order valence-corrected chi connectivity index (χ1v) is 8.16. The van der Waals surface area contributed by atoms with E-state index in [2.05, 4.69) is 59.9 Å². The molecule has 0 unspecified atom stereocenters. The van der Waals surface area contributed by atoms with E-state index in [0.29, 0.717) is 0 Å². The van der Waals surface area contributed by atoms with Gasteiger partial charge in [0.25, 0.3) is 0 Å². The van der Waals surface area contributed by atoms with E-state index in [1.165, 1.54) is 34.4 Å². The van der Waals surface area contributed by atoms with Crippen molar-refractivity contribution in [2.45, 2.75) is 31.4 Å². The lowest BCUT2D eigenvalue weighted by Crippen LogP contribution is -2.38. The maximum atomic E-state index is 10.9. The van der Waals surface area contributed by atoms with Gasteiger partial charge in [0.05, 0.1) is 6.10 Å². The molecule has 1 aliphatic rings. The van der Waals surface area contributed by atoms with Crippen LogP contribution in [0.1, 0.15) is 30.9 Å². The van der Waals surface area contributed by atoms with Gasteiger partial charge in [-0.2, -0.15) is 0 Å². The van der Waals surface area contributed by atoms with Crippen LogP contribution in [-0.4, -0.2) is 17.7 Å². The second-order valence-corrected chi connectivity index (χ2v) is 6.23. The molecule has 2 N–H and O–H groups in total. The van der Waals surface area contributed by atoms with Crippen LogP contribution in [-0.2, 0) is 0 Å². The third kappa shape index (κ3) is 2.29. The smallest absolute Gasteiger partial charge is 0.0949 e. The van der Waals surface area contributed by atoms with Crippen LogP contribution in [0.2, 0.25) is 0 Å². The standard InChI is InChI=1S/C20H21NO/c22-20(19-11-5-6-12-21-19)18-13-14-7-1-2-8-15(14)16-9-3-4-10-17(16)18/h1-4,7-10,13,19-22H,5-6,11-12H2/t19-,20+/m0/s1. The lowest BCUT2D eigenvalue weighted by atomic mass is 9.89. The molecule has 0 aromatic heterocycles. The first-order chi connectivity index (χ1) is 10.8. The van der Waals surface area contributed by atoms with Crippen molar-refractivity contribution in [1.29, 1.82) is 0 Å². The third-order valence-electron chi connectivity index (χ3n) is 4.85. The number of hydrogen-bond donors (Lipinski definition) is 2. The lowest BCUT2D eigenvalue weighted by molar-refractivity contribution is 0.115. The molecule has 1 aliphatic heterocycles. The summed E-state index contributed by atoms with van der Waals surface area (Å²) in [5.74, 6) is 0. The Hall–Kier alpha value is -1.90. The van der Waals surface area contributed by atoms with Gasteiger partial charge >= 0.3 is 0 Å². The summed E-state index contributed by atoms with van der Waals surface area (Å²) in [6.07, 6.45) is 3.00. The van der Waals surface area contributed by atoms with Crippen molar-refractivity contribution >= 4 is 21.5 Å². The molecule has 1 heterocycles. The maximum absolute atomic E-state index is 10.9. The number of fused-ring (bicyclic) bond motifs is 3. The average Bonchev–Trinajstić information content (AvgIpc) is 2.61.